The topological polar surface area (TPSA) is 83.3 Å². The van der Waals surface area contributed by atoms with Crippen molar-refractivity contribution in [1.82, 2.24) is 14.2 Å². The monoisotopic (exact) mass is 421 g/mol. The number of nitrogens with zero attached hydrogens (tertiary/aromatic N) is 3. The van der Waals surface area contributed by atoms with Crippen LogP contribution in [0.25, 0.3) is 11.4 Å². The summed E-state index contributed by atoms with van der Waals surface area (Å²) in [5.41, 5.74) is 0.566. The minimum Gasteiger partial charge on any atom is -0.497 e. The second-order valence-electron chi connectivity index (χ2n) is 5.95. The Kier molecular flexibility index (Phi) is 6.21. The molecule has 0 atom stereocenters. The van der Waals surface area contributed by atoms with E-state index >= 15 is 0 Å². The van der Waals surface area contributed by atoms with Gasteiger partial charge in [0.2, 0.25) is 0 Å². The van der Waals surface area contributed by atoms with Crippen LogP contribution in [0.5, 0.6) is 11.8 Å². The van der Waals surface area contributed by atoms with Crippen molar-refractivity contribution >= 4 is 21.6 Å². The minimum absolute atomic E-state index is 0.0109. The maximum absolute atomic E-state index is 13.1. The summed E-state index contributed by atoms with van der Waals surface area (Å²) in [5.74, 6) is 0.805. The van der Waals surface area contributed by atoms with Gasteiger partial charge in [-0.1, -0.05) is 30.0 Å². The Morgan fingerprint density at radius 3 is 2.36 bits per heavy atom. The highest BCUT2D eigenvalue weighted by molar-refractivity contribution is 7.90. The molecule has 0 bridgehead atoms. The maximum Gasteiger partial charge on any atom is 0.337 e. The first-order chi connectivity index (χ1) is 13.5. The highest BCUT2D eigenvalue weighted by Crippen LogP contribution is 2.27. The van der Waals surface area contributed by atoms with E-state index in [0.29, 0.717) is 22.9 Å². The van der Waals surface area contributed by atoms with E-state index in [1.807, 2.05) is 6.92 Å². The van der Waals surface area contributed by atoms with E-state index in [0.717, 1.165) is 16.9 Å². The normalized spacial score (nSPS) is 11.4. The molecular weight excluding hydrogens is 402 g/mol. The number of benzene rings is 2. The van der Waals surface area contributed by atoms with Crippen LogP contribution in [0.4, 0.5) is 0 Å². The van der Waals surface area contributed by atoms with E-state index in [4.69, 9.17) is 21.1 Å². The van der Waals surface area contributed by atoms with Crippen molar-refractivity contribution in [2.24, 2.45) is 0 Å². The van der Waals surface area contributed by atoms with Crippen molar-refractivity contribution < 1.29 is 17.9 Å². The summed E-state index contributed by atoms with van der Waals surface area (Å²) in [6.45, 7) is 2.44. The summed E-state index contributed by atoms with van der Waals surface area (Å²) < 4.78 is 37.9. The number of ether oxygens (including phenoxy) is 2. The lowest BCUT2D eigenvalue weighted by Gasteiger charge is -2.08. The molecule has 2 aromatic carbocycles. The first-order valence-electron chi connectivity index (χ1n) is 8.71. The molecule has 3 aromatic rings. The van der Waals surface area contributed by atoms with E-state index in [9.17, 15) is 8.42 Å². The fourth-order valence-electron chi connectivity index (χ4n) is 2.44. The molecule has 0 aliphatic heterocycles. The Morgan fingerprint density at radius 2 is 1.75 bits per heavy atom. The predicted octanol–water partition coefficient (Wildman–Crippen LogP) is 4.02. The third-order valence-electron chi connectivity index (χ3n) is 3.98. The number of hydrogen-bond donors (Lipinski definition) is 0. The third-order valence-corrected chi connectivity index (χ3v) is 5.81. The highest BCUT2D eigenvalue weighted by atomic mass is 35.5. The zero-order valence-electron chi connectivity index (χ0n) is 15.5. The first kappa shape index (κ1) is 20.2. The number of unbranched alkanes of at least 4 members (excludes halogenated alkanes) is 1. The molecule has 0 spiro atoms. The van der Waals surface area contributed by atoms with Crippen LogP contribution in [0.1, 0.15) is 19.8 Å². The van der Waals surface area contributed by atoms with Crippen LogP contribution in [0, 0.1) is 0 Å². The van der Waals surface area contributed by atoms with E-state index in [1.54, 1.807) is 31.4 Å². The standard InChI is InChI=1S/C19H20ClN3O4S/c1-3-4-13-27-19-21-18(14-5-9-16(26-2)10-6-14)23(22-19)28(24,25)17-11-7-15(20)8-12-17/h5-12H,3-4,13H2,1-2H3. The van der Waals surface area contributed by atoms with E-state index in [-0.39, 0.29) is 16.7 Å². The summed E-state index contributed by atoms with van der Waals surface area (Å²) in [4.78, 5) is 4.35. The Bertz CT molecular complexity index is 1030. The van der Waals surface area contributed by atoms with Crippen molar-refractivity contribution in [3.8, 4) is 23.1 Å². The van der Waals surface area contributed by atoms with Crippen molar-refractivity contribution in [2.45, 2.75) is 24.7 Å². The summed E-state index contributed by atoms with van der Waals surface area (Å²) in [7, 11) is -2.43. The molecule has 1 heterocycles. The molecule has 0 saturated heterocycles. The van der Waals surface area contributed by atoms with Crippen LogP contribution in [0.3, 0.4) is 0 Å². The minimum atomic E-state index is -3.99. The van der Waals surface area contributed by atoms with Crippen molar-refractivity contribution in [1.29, 1.82) is 0 Å². The lowest BCUT2D eigenvalue weighted by molar-refractivity contribution is 0.286. The zero-order chi connectivity index (χ0) is 20.1. The van der Waals surface area contributed by atoms with Crippen LogP contribution in [0.15, 0.2) is 53.4 Å². The molecule has 9 heteroatoms. The van der Waals surface area contributed by atoms with Crippen LogP contribution in [-0.4, -0.2) is 36.3 Å². The van der Waals surface area contributed by atoms with E-state index in [2.05, 4.69) is 10.1 Å². The average Bonchev–Trinajstić information content (AvgIpc) is 3.14. The smallest absolute Gasteiger partial charge is 0.337 e. The highest BCUT2D eigenvalue weighted by Gasteiger charge is 2.25. The van der Waals surface area contributed by atoms with Gasteiger partial charge in [0.1, 0.15) is 5.75 Å². The van der Waals surface area contributed by atoms with Crippen LogP contribution in [0.2, 0.25) is 5.02 Å². The molecule has 28 heavy (non-hydrogen) atoms. The summed E-state index contributed by atoms with van der Waals surface area (Å²) >= 11 is 5.88. The summed E-state index contributed by atoms with van der Waals surface area (Å²) in [6, 6.07) is 12.8. The molecule has 0 amide bonds. The molecule has 0 radical (unpaired) electrons. The molecule has 0 aliphatic carbocycles. The van der Waals surface area contributed by atoms with Crippen LogP contribution < -0.4 is 9.47 Å². The average molecular weight is 422 g/mol. The lowest BCUT2D eigenvalue weighted by atomic mass is 10.2. The van der Waals surface area contributed by atoms with Crippen molar-refractivity contribution in [3.63, 3.8) is 0 Å². The van der Waals surface area contributed by atoms with Crippen LogP contribution in [-0.2, 0) is 10.0 Å². The largest absolute Gasteiger partial charge is 0.497 e. The molecule has 0 saturated carbocycles. The number of methoxy groups -OCH3 is 1. The van der Waals surface area contributed by atoms with Crippen molar-refractivity contribution in [2.75, 3.05) is 13.7 Å². The second-order valence-corrected chi connectivity index (χ2v) is 8.15. The van der Waals surface area contributed by atoms with Gasteiger partial charge in [-0.2, -0.15) is 13.4 Å². The summed E-state index contributed by atoms with van der Waals surface area (Å²) in [6.07, 6.45) is 1.76. The van der Waals surface area contributed by atoms with Gasteiger partial charge < -0.3 is 9.47 Å². The molecule has 0 fully saturated rings. The van der Waals surface area contributed by atoms with Gasteiger partial charge in [0.05, 0.1) is 18.6 Å². The Hall–Kier alpha value is -2.58. The van der Waals surface area contributed by atoms with Gasteiger partial charge in [-0.05, 0) is 55.0 Å². The molecule has 0 unspecified atom stereocenters. The Labute approximate surface area is 168 Å². The number of halogens is 1. The number of aromatic nitrogens is 3. The van der Waals surface area contributed by atoms with Gasteiger partial charge in [-0.3, -0.25) is 0 Å². The van der Waals surface area contributed by atoms with Gasteiger partial charge in [0.25, 0.3) is 10.0 Å². The van der Waals surface area contributed by atoms with Gasteiger partial charge in [0.15, 0.2) is 5.82 Å². The molecule has 1 aromatic heterocycles. The first-order valence-corrected chi connectivity index (χ1v) is 10.5. The maximum atomic E-state index is 13.1. The van der Waals surface area contributed by atoms with E-state index < -0.39 is 10.0 Å². The third kappa shape index (κ3) is 4.28. The molecule has 3 rings (SSSR count). The Balaban J connectivity index is 2.07. The van der Waals surface area contributed by atoms with Gasteiger partial charge in [-0.25, -0.2) is 0 Å². The van der Waals surface area contributed by atoms with Crippen LogP contribution >= 0.6 is 11.6 Å². The van der Waals surface area contributed by atoms with Gasteiger partial charge >= 0.3 is 6.01 Å². The fourth-order valence-corrected chi connectivity index (χ4v) is 3.80. The van der Waals surface area contributed by atoms with Gasteiger partial charge in [0, 0.05) is 10.6 Å². The van der Waals surface area contributed by atoms with Gasteiger partial charge in [-0.15, -0.1) is 4.09 Å². The predicted molar refractivity (Wildman–Crippen MR) is 106 cm³/mol. The summed E-state index contributed by atoms with van der Waals surface area (Å²) in [5, 5.41) is 4.54. The quantitative estimate of drug-likeness (QED) is 0.511. The SMILES string of the molecule is CCCCOc1nc(-c2ccc(OC)cc2)n(S(=O)(=O)c2ccc(Cl)cc2)n1. The Morgan fingerprint density at radius 1 is 1.07 bits per heavy atom. The molecule has 0 aliphatic rings. The number of hydrogen-bond acceptors (Lipinski definition) is 6. The zero-order valence-corrected chi connectivity index (χ0v) is 17.1. The molecule has 0 N–H and O–H groups in total. The number of rotatable bonds is 8. The fraction of sp³-hybridized carbons (Fsp3) is 0.263. The van der Waals surface area contributed by atoms with Crippen molar-refractivity contribution in [3.05, 3.63) is 53.6 Å². The molecule has 148 valence electrons. The molecular formula is C19H20ClN3O4S. The lowest BCUT2D eigenvalue weighted by Crippen LogP contribution is -2.16. The van der Waals surface area contributed by atoms with E-state index in [1.165, 1.54) is 24.3 Å². The molecule has 7 nitrogen and oxygen atoms in total. The second kappa shape index (κ2) is 8.62.